The van der Waals surface area contributed by atoms with Gasteiger partial charge in [-0.1, -0.05) is 38.8 Å². The maximum absolute atomic E-state index is 4.12. The number of unbranched alkanes of at least 4 members (excludes halogenated alkanes) is 2. The van der Waals surface area contributed by atoms with Gasteiger partial charge >= 0.3 is 31.1 Å². The molecule has 1 heterocycles. The van der Waals surface area contributed by atoms with E-state index in [1.54, 1.807) is 0 Å². The maximum atomic E-state index is 4.12. The summed E-state index contributed by atoms with van der Waals surface area (Å²) in [5.41, 5.74) is 1.53. The summed E-state index contributed by atoms with van der Waals surface area (Å²) in [7, 11) is 0. The van der Waals surface area contributed by atoms with Crippen molar-refractivity contribution in [2.45, 2.75) is 86.6 Å². The fourth-order valence-electron chi connectivity index (χ4n) is 1.85. The van der Waals surface area contributed by atoms with Crippen molar-refractivity contribution in [3.8, 4) is 0 Å². The molecule has 0 atom stereocenters. The molecule has 0 N–H and O–H groups in total. The van der Waals surface area contributed by atoms with Crippen molar-refractivity contribution in [3.63, 3.8) is 0 Å². The van der Waals surface area contributed by atoms with Gasteiger partial charge < -0.3 is 12.8 Å². The number of aromatic nitrogens is 3. The molecule has 0 fully saturated rings. The molecular weight excluding hydrogens is 496 g/mol. The van der Waals surface area contributed by atoms with Gasteiger partial charge in [0, 0.05) is 12.7 Å². The first-order valence-electron chi connectivity index (χ1n) is 8.19. The van der Waals surface area contributed by atoms with Crippen molar-refractivity contribution >= 4 is 0 Å². The summed E-state index contributed by atoms with van der Waals surface area (Å²) < 4.78 is 1.96. The summed E-state index contributed by atoms with van der Waals surface area (Å²) in [6.45, 7) is 18.0. The van der Waals surface area contributed by atoms with Crippen LogP contribution in [0.15, 0.2) is 6.20 Å². The van der Waals surface area contributed by atoms with Crippen LogP contribution in [-0.4, -0.2) is 15.0 Å². The van der Waals surface area contributed by atoms with Crippen LogP contribution in [0.4, 0.5) is 0 Å². The molecule has 126 valence electrons. The standard InChI is InChI=1S/C14H26N3.C4H9.U/c1-5-9-13-12-17(16-15-13)11-8-6-7-10-14(2,3)4;1-4(2)3;/h12H,1,5-11H2,2-4H3;1-3H3;/q2*-1;+2. The molecule has 3 nitrogen and oxygen atoms in total. The van der Waals surface area contributed by atoms with Crippen molar-refractivity contribution in [1.29, 1.82) is 0 Å². The summed E-state index contributed by atoms with van der Waals surface area (Å²) >= 11 is 0. The molecule has 0 aliphatic carbocycles. The van der Waals surface area contributed by atoms with E-state index in [0.29, 0.717) is 5.41 Å². The maximum Gasteiger partial charge on any atom is 2.00 e. The Morgan fingerprint density at radius 1 is 1.14 bits per heavy atom. The molecule has 1 aromatic rings. The quantitative estimate of drug-likeness (QED) is 0.355. The van der Waals surface area contributed by atoms with Crippen LogP contribution in [0.5, 0.6) is 0 Å². The van der Waals surface area contributed by atoms with Crippen LogP contribution in [0.2, 0.25) is 0 Å². The predicted octanol–water partition coefficient (Wildman–Crippen LogP) is 5.27. The van der Waals surface area contributed by atoms with Gasteiger partial charge in [0.25, 0.3) is 0 Å². The zero-order valence-corrected chi connectivity index (χ0v) is 19.7. The van der Waals surface area contributed by atoms with Gasteiger partial charge in [-0.05, 0) is 24.7 Å². The molecule has 0 unspecified atom stereocenters. The SMILES string of the molecule is C[C-](C)C.[CH2-]CCc1cn(CCCCCC(C)(C)C)nn1.[U+2]. The second-order valence-corrected chi connectivity index (χ2v) is 7.45. The van der Waals surface area contributed by atoms with Crippen molar-refractivity contribution in [3.05, 3.63) is 24.7 Å². The minimum absolute atomic E-state index is 0. The summed E-state index contributed by atoms with van der Waals surface area (Å²) in [6, 6.07) is 0. The average Bonchev–Trinajstić information content (AvgIpc) is 2.75. The third kappa shape index (κ3) is 16.6. The smallest absolute Gasteiger partial charge is 0.343 e. The van der Waals surface area contributed by atoms with E-state index in [4.69, 9.17) is 0 Å². The van der Waals surface area contributed by atoms with Gasteiger partial charge in [0.05, 0.1) is 5.69 Å². The molecule has 0 amide bonds. The van der Waals surface area contributed by atoms with Crippen LogP contribution in [0, 0.1) is 49.4 Å². The van der Waals surface area contributed by atoms with Crippen LogP contribution in [0.3, 0.4) is 0 Å². The summed E-state index contributed by atoms with van der Waals surface area (Å²) in [5.74, 6) is 1.42. The van der Waals surface area contributed by atoms with E-state index < -0.39 is 0 Å². The molecule has 0 spiro atoms. The van der Waals surface area contributed by atoms with E-state index in [1.807, 2.05) is 4.68 Å². The topological polar surface area (TPSA) is 30.7 Å². The van der Waals surface area contributed by atoms with Crippen LogP contribution in [-0.2, 0) is 13.0 Å². The van der Waals surface area contributed by atoms with E-state index in [1.165, 1.54) is 31.6 Å². The van der Waals surface area contributed by atoms with Crippen LogP contribution >= 0.6 is 0 Å². The first-order chi connectivity index (χ1) is 9.74. The molecule has 1 rings (SSSR count). The number of hydrogen-bond acceptors (Lipinski definition) is 2. The van der Waals surface area contributed by atoms with Gasteiger partial charge in [0.1, 0.15) is 0 Å². The van der Waals surface area contributed by atoms with Crippen LogP contribution in [0.1, 0.15) is 79.3 Å². The normalized spacial score (nSPS) is 10.9. The molecule has 0 aromatic carbocycles. The first-order valence-corrected chi connectivity index (χ1v) is 8.19. The zero-order chi connectivity index (χ0) is 16.3. The number of hydrogen-bond donors (Lipinski definition) is 0. The summed E-state index contributed by atoms with van der Waals surface area (Å²) in [6.07, 6.45) is 8.97. The molecule has 4 heteroatoms. The molecule has 0 radical (unpaired) electrons. The molecule has 1 aromatic heterocycles. The molecular formula is C18H35N3U. The minimum atomic E-state index is 0. The third-order valence-electron chi connectivity index (χ3n) is 2.83. The van der Waals surface area contributed by atoms with E-state index in [2.05, 4.69) is 65.0 Å². The van der Waals surface area contributed by atoms with Gasteiger partial charge in [-0.2, -0.15) is 27.2 Å². The molecule has 0 aliphatic rings. The van der Waals surface area contributed by atoms with Crippen LogP contribution in [0.25, 0.3) is 0 Å². The van der Waals surface area contributed by atoms with Crippen LogP contribution < -0.4 is 0 Å². The second-order valence-electron chi connectivity index (χ2n) is 7.45. The average molecular weight is 532 g/mol. The Balaban J connectivity index is 0. The van der Waals surface area contributed by atoms with Gasteiger partial charge in [0.15, 0.2) is 0 Å². The molecule has 0 saturated carbocycles. The van der Waals surface area contributed by atoms with Gasteiger partial charge in [-0.15, -0.1) is 5.10 Å². The molecule has 0 bridgehead atoms. The summed E-state index contributed by atoms with van der Waals surface area (Å²) in [4.78, 5) is 0. The van der Waals surface area contributed by atoms with Gasteiger partial charge in [0.2, 0.25) is 0 Å². The number of aryl methyl sites for hydroxylation is 2. The summed E-state index contributed by atoms with van der Waals surface area (Å²) in [5, 5.41) is 8.24. The monoisotopic (exact) mass is 531 g/mol. The Morgan fingerprint density at radius 2 is 1.73 bits per heavy atom. The largest absolute Gasteiger partial charge is 2.00 e. The Morgan fingerprint density at radius 3 is 2.23 bits per heavy atom. The zero-order valence-electron chi connectivity index (χ0n) is 15.6. The molecule has 0 aliphatic heterocycles. The third-order valence-corrected chi connectivity index (χ3v) is 2.83. The molecule has 22 heavy (non-hydrogen) atoms. The van der Waals surface area contributed by atoms with E-state index in [-0.39, 0.29) is 31.1 Å². The van der Waals surface area contributed by atoms with Crippen molar-refractivity contribution in [2.24, 2.45) is 5.41 Å². The fourth-order valence-corrected chi connectivity index (χ4v) is 1.85. The fraction of sp³-hybridized carbons (Fsp3) is 0.778. The first kappa shape index (κ1) is 24.4. The van der Waals surface area contributed by atoms with Crippen molar-refractivity contribution in [2.75, 3.05) is 0 Å². The minimum Gasteiger partial charge on any atom is -0.343 e. The Bertz CT molecular complexity index is 351. The Labute approximate surface area is 162 Å². The van der Waals surface area contributed by atoms with E-state index in [0.717, 1.165) is 25.1 Å². The second kappa shape index (κ2) is 13.6. The number of nitrogens with zero attached hydrogens (tertiary/aromatic N) is 3. The molecule has 0 saturated heterocycles. The number of rotatable bonds is 7. The van der Waals surface area contributed by atoms with Crippen molar-refractivity contribution in [1.82, 2.24) is 15.0 Å². The van der Waals surface area contributed by atoms with Gasteiger partial charge in [-0.3, -0.25) is 4.68 Å². The van der Waals surface area contributed by atoms with E-state index in [9.17, 15) is 0 Å². The Hall–Kier alpha value is 0.192. The van der Waals surface area contributed by atoms with Crippen molar-refractivity contribution < 1.29 is 31.1 Å². The Kier molecular flexibility index (Phi) is 15.1. The van der Waals surface area contributed by atoms with Gasteiger partial charge in [-0.25, -0.2) is 0 Å². The van der Waals surface area contributed by atoms with E-state index >= 15 is 0 Å². The predicted molar refractivity (Wildman–Crippen MR) is 91.9 cm³/mol.